The largest absolute Gasteiger partial charge is 0.337 e. The number of hydrogen-bond acceptors (Lipinski definition) is 1. The topological polar surface area (TPSA) is 20.3 Å². The molecule has 0 aromatic rings. The van der Waals surface area contributed by atoms with Crippen molar-refractivity contribution >= 4 is 22.3 Å². The van der Waals surface area contributed by atoms with E-state index in [1.165, 1.54) is 0 Å². The maximum Gasteiger partial charge on any atom is 0.210 e. The van der Waals surface area contributed by atoms with Gasteiger partial charge in [-0.05, 0) is 0 Å². The molecular weight excluding hydrogens is 194 g/mol. The summed E-state index contributed by atoms with van der Waals surface area (Å²) in [6.45, 7) is 8.22. The fraction of sp³-hybridized carbons (Fsp3) is 0.286. The number of amides is 1. The third kappa shape index (κ3) is 4.32. The van der Waals surface area contributed by atoms with Crippen LogP contribution in [-0.4, -0.2) is 24.4 Å². The first-order valence-electron chi connectivity index (χ1n) is 2.84. The van der Waals surface area contributed by atoms with Gasteiger partial charge in [0.1, 0.15) is 0 Å². The molecule has 0 aliphatic rings. The Kier molecular flexibility index (Phi) is 4.94. The molecule has 0 bridgehead atoms. The van der Waals surface area contributed by atoms with E-state index in [1.807, 2.05) is 0 Å². The van der Waals surface area contributed by atoms with E-state index in [0.29, 0.717) is 13.1 Å². The quantitative estimate of drug-likeness (QED) is 0.491. The smallest absolute Gasteiger partial charge is 0.210 e. The molecule has 0 fully saturated rings. The lowest BCUT2D eigenvalue weighted by atomic mass is 10.5. The van der Waals surface area contributed by atoms with E-state index in [9.17, 15) is 4.79 Å². The Morgan fingerprint density at radius 1 is 1.70 bits per heavy atom. The maximum absolute atomic E-state index is 10.2. The molecule has 0 aromatic heterocycles. The monoisotopic (exact) mass is 203 g/mol. The van der Waals surface area contributed by atoms with Gasteiger partial charge in [-0.25, -0.2) is 0 Å². The molecule has 0 aliphatic carbocycles. The third-order valence-corrected chi connectivity index (χ3v) is 1.14. The first kappa shape index (κ1) is 9.43. The Balaban J connectivity index is 3.70. The lowest BCUT2D eigenvalue weighted by Crippen LogP contribution is -2.22. The average molecular weight is 204 g/mol. The van der Waals surface area contributed by atoms with E-state index in [0.717, 1.165) is 10.9 Å². The highest BCUT2D eigenvalue weighted by Gasteiger charge is 1.97. The minimum Gasteiger partial charge on any atom is -0.337 e. The molecule has 0 saturated heterocycles. The van der Waals surface area contributed by atoms with E-state index in [4.69, 9.17) is 0 Å². The zero-order valence-corrected chi connectivity index (χ0v) is 7.30. The average Bonchev–Trinajstić information content (AvgIpc) is 1.86. The van der Waals surface area contributed by atoms with Crippen molar-refractivity contribution in [2.45, 2.75) is 0 Å². The number of carbonyl (C=O) groups is 1. The Hall–Kier alpha value is -0.570. The van der Waals surface area contributed by atoms with Crippen molar-refractivity contribution in [3.05, 3.63) is 23.7 Å². The van der Waals surface area contributed by atoms with Crippen molar-refractivity contribution in [3.8, 4) is 0 Å². The first-order valence-corrected chi connectivity index (χ1v) is 3.63. The molecule has 0 aliphatic heterocycles. The molecule has 1 amide bonds. The summed E-state index contributed by atoms with van der Waals surface area (Å²) in [7, 11) is 0. The van der Waals surface area contributed by atoms with Crippen LogP contribution in [0.5, 0.6) is 0 Å². The summed E-state index contributed by atoms with van der Waals surface area (Å²) in [6, 6.07) is 0. The Morgan fingerprint density at radius 3 is 2.60 bits per heavy atom. The number of carbonyl (C=O) groups excluding carboxylic acids is 1. The van der Waals surface area contributed by atoms with Crippen LogP contribution in [0, 0.1) is 0 Å². The fourth-order valence-electron chi connectivity index (χ4n) is 0.531. The maximum atomic E-state index is 10.2. The summed E-state index contributed by atoms with van der Waals surface area (Å²) in [5, 5.41) is 0. The zero-order chi connectivity index (χ0) is 7.98. The summed E-state index contributed by atoms with van der Waals surface area (Å²) >= 11 is 3.16. The first-order chi connectivity index (χ1) is 4.70. The van der Waals surface area contributed by atoms with Crippen LogP contribution in [0.1, 0.15) is 0 Å². The summed E-state index contributed by atoms with van der Waals surface area (Å²) in [6.07, 6.45) is 2.44. The van der Waals surface area contributed by atoms with Gasteiger partial charge in [0, 0.05) is 11.0 Å². The van der Waals surface area contributed by atoms with Crippen molar-refractivity contribution in [2.75, 3.05) is 13.1 Å². The van der Waals surface area contributed by atoms with Gasteiger partial charge >= 0.3 is 0 Å². The Bertz CT molecular complexity index is 145. The van der Waals surface area contributed by atoms with Crippen LogP contribution in [-0.2, 0) is 4.79 Å². The molecule has 0 atom stereocenters. The SMILES string of the molecule is C=CCN(C=O)CC(=C)Br. The molecule has 0 aromatic carbocycles. The molecule has 0 heterocycles. The number of rotatable bonds is 5. The number of hydrogen-bond donors (Lipinski definition) is 0. The van der Waals surface area contributed by atoms with Crippen LogP contribution >= 0.6 is 15.9 Å². The molecular formula is C7H10BrNO. The van der Waals surface area contributed by atoms with E-state index < -0.39 is 0 Å². The molecule has 0 spiro atoms. The molecule has 3 heteroatoms. The van der Waals surface area contributed by atoms with Gasteiger partial charge in [0.2, 0.25) is 6.41 Å². The van der Waals surface area contributed by atoms with Gasteiger partial charge in [-0.2, -0.15) is 0 Å². The van der Waals surface area contributed by atoms with Crippen LogP contribution < -0.4 is 0 Å². The predicted octanol–water partition coefficient (Wildman–Crippen LogP) is 1.54. The molecule has 0 radical (unpaired) electrons. The van der Waals surface area contributed by atoms with Gasteiger partial charge in [0.15, 0.2) is 0 Å². The Morgan fingerprint density at radius 2 is 2.30 bits per heavy atom. The van der Waals surface area contributed by atoms with Gasteiger partial charge in [0.25, 0.3) is 0 Å². The highest BCUT2D eigenvalue weighted by atomic mass is 79.9. The van der Waals surface area contributed by atoms with Crippen LogP contribution in [0.3, 0.4) is 0 Å². The van der Waals surface area contributed by atoms with Crippen LogP contribution in [0.15, 0.2) is 23.7 Å². The van der Waals surface area contributed by atoms with Crippen molar-refractivity contribution < 1.29 is 4.79 Å². The van der Waals surface area contributed by atoms with E-state index >= 15 is 0 Å². The van der Waals surface area contributed by atoms with Gasteiger partial charge in [0.05, 0.1) is 6.54 Å². The summed E-state index contributed by atoms with van der Waals surface area (Å²) in [4.78, 5) is 11.8. The molecule has 10 heavy (non-hydrogen) atoms. The summed E-state index contributed by atoms with van der Waals surface area (Å²) in [5.74, 6) is 0. The van der Waals surface area contributed by atoms with Crippen molar-refractivity contribution in [2.24, 2.45) is 0 Å². The Labute approximate surface area is 69.3 Å². The summed E-state index contributed by atoms with van der Waals surface area (Å²) in [5.41, 5.74) is 0. The normalized spacial score (nSPS) is 8.50. The fourth-order valence-corrected chi connectivity index (χ4v) is 0.853. The van der Waals surface area contributed by atoms with Gasteiger partial charge in [-0.1, -0.05) is 28.6 Å². The lowest BCUT2D eigenvalue weighted by Gasteiger charge is -2.12. The van der Waals surface area contributed by atoms with Crippen LogP contribution in [0.2, 0.25) is 0 Å². The van der Waals surface area contributed by atoms with E-state index in [-0.39, 0.29) is 0 Å². The van der Waals surface area contributed by atoms with Crippen LogP contribution in [0.25, 0.3) is 0 Å². The van der Waals surface area contributed by atoms with Crippen LogP contribution in [0.4, 0.5) is 0 Å². The predicted molar refractivity (Wildman–Crippen MR) is 45.9 cm³/mol. The zero-order valence-electron chi connectivity index (χ0n) is 5.72. The highest BCUT2D eigenvalue weighted by molar-refractivity contribution is 9.11. The molecule has 0 saturated carbocycles. The second kappa shape index (κ2) is 5.23. The second-order valence-corrected chi connectivity index (χ2v) is 2.96. The molecule has 2 nitrogen and oxygen atoms in total. The minimum absolute atomic E-state index is 0.537. The minimum atomic E-state index is 0.537. The highest BCUT2D eigenvalue weighted by Crippen LogP contribution is 2.01. The molecule has 0 rings (SSSR count). The third-order valence-electron chi connectivity index (χ3n) is 0.887. The standard InChI is InChI=1S/C7H10BrNO/c1-3-4-9(6-10)5-7(2)8/h3,6H,1-2,4-5H2. The molecule has 56 valence electrons. The molecule has 0 N–H and O–H groups in total. The second-order valence-electron chi connectivity index (χ2n) is 1.84. The summed E-state index contributed by atoms with van der Waals surface area (Å²) < 4.78 is 0.793. The van der Waals surface area contributed by atoms with Crippen molar-refractivity contribution in [1.29, 1.82) is 0 Å². The van der Waals surface area contributed by atoms with Crippen molar-refractivity contribution in [1.82, 2.24) is 4.90 Å². The van der Waals surface area contributed by atoms with E-state index in [1.54, 1.807) is 11.0 Å². The van der Waals surface area contributed by atoms with E-state index in [2.05, 4.69) is 29.1 Å². The number of nitrogens with zero attached hydrogens (tertiary/aromatic N) is 1. The molecule has 0 unspecified atom stereocenters. The number of halogens is 1. The van der Waals surface area contributed by atoms with Gasteiger partial charge in [-0.3, -0.25) is 4.79 Å². The van der Waals surface area contributed by atoms with Crippen molar-refractivity contribution in [3.63, 3.8) is 0 Å². The lowest BCUT2D eigenvalue weighted by molar-refractivity contribution is -0.117. The van der Waals surface area contributed by atoms with Gasteiger partial charge < -0.3 is 4.90 Å². The van der Waals surface area contributed by atoms with Gasteiger partial charge in [-0.15, -0.1) is 6.58 Å².